The maximum atomic E-state index is 12.3. The summed E-state index contributed by atoms with van der Waals surface area (Å²) in [6.45, 7) is 4.05. The average molecular weight is 922 g/mol. The maximum Gasteiger partial charge on any atom is 0.306 e. The van der Waals surface area contributed by atoms with E-state index in [4.69, 9.17) is 9.47 Å². The number of allylic oxidation sites excluding steroid dienone is 12. The van der Waals surface area contributed by atoms with E-state index in [1.165, 1.54) is 180 Å². The van der Waals surface area contributed by atoms with Crippen molar-refractivity contribution in [3.63, 3.8) is 0 Å². The summed E-state index contributed by atoms with van der Waals surface area (Å²) in [5, 5.41) is 9.62. The van der Waals surface area contributed by atoms with Gasteiger partial charge in [0.1, 0.15) is 6.61 Å². The van der Waals surface area contributed by atoms with Crippen LogP contribution in [0, 0.1) is 0 Å². The molecule has 382 valence electrons. The first-order valence-electron chi connectivity index (χ1n) is 28.5. The van der Waals surface area contributed by atoms with Crippen LogP contribution in [0.2, 0.25) is 0 Å². The average Bonchev–Trinajstić information content (AvgIpc) is 3.32. The number of hydrogen-bond donors (Lipinski definition) is 1. The van der Waals surface area contributed by atoms with Gasteiger partial charge in [0.2, 0.25) is 0 Å². The molecule has 0 aliphatic carbocycles. The largest absolute Gasteiger partial charge is 0.462 e. The molecule has 0 heterocycles. The number of aliphatic hydroxyl groups is 1. The minimum absolute atomic E-state index is 0.0615. The number of esters is 2. The van der Waals surface area contributed by atoms with Crippen LogP contribution in [0.1, 0.15) is 284 Å². The number of carbonyl (C=O) groups excluding carboxylic acids is 2. The predicted octanol–water partition coefficient (Wildman–Crippen LogP) is 19.2. The van der Waals surface area contributed by atoms with Crippen molar-refractivity contribution >= 4 is 11.9 Å². The lowest BCUT2D eigenvalue weighted by Gasteiger charge is -2.15. The van der Waals surface area contributed by atoms with E-state index in [9.17, 15) is 14.7 Å². The van der Waals surface area contributed by atoms with Crippen molar-refractivity contribution in [2.45, 2.75) is 290 Å². The van der Waals surface area contributed by atoms with E-state index in [0.29, 0.717) is 12.8 Å². The van der Waals surface area contributed by atoms with E-state index in [0.717, 1.165) is 77.0 Å². The highest BCUT2D eigenvalue weighted by Gasteiger charge is 2.16. The summed E-state index contributed by atoms with van der Waals surface area (Å²) in [5.41, 5.74) is 0. The van der Waals surface area contributed by atoms with E-state index >= 15 is 0 Å². The lowest BCUT2D eigenvalue weighted by atomic mass is 10.0. The van der Waals surface area contributed by atoms with Crippen molar-refractivity contribution in [3.8, 4) is 0 Å². The quantitative estimate of drug-likeness (QED) is 0.0374. The normalized spacial score (nSPS) is 12.7. The van der Waals surface area contributed by atoms with E-state index < -0.39 is 6.10 Å². The molecule has 0 radical (unpaired) electrons. The molecular weight excluding hydrogens is 813 g/mol. The van der Waals surface area contributed by atoms with Crippen molar-refractivity contribution in [2.75, 3.05) is 13.2 Å². The number of rotatable bonds is 52. The fourth-order valence-corrected chi connectivity index (χ4v) is 8.27. The Labute approximate surface area is 410 Å². The third-order valence-electron chi connectivity index (χ3n) is 12.5. The zero-order valence-electron chi connectivity index (χ0n) is 43.7. The Morgan fingerprint density at radius 1 is 0.364 bits per heavy atom. The van der Waals surface area contributed by atoms with Gasteiger partial charge in [-0.3, -0.25) is 9.59 Å². The molecule has 0 saturated heterocycles. The zero-order chi connectivity index (χ0) is 47.7. The minimum Gasteiger partial charge on any atom is -0.462 e. The molecule has 0 amide bonds. The molecule has 0 saturated carbocycles. The van der Waals surface area contributed by atoms with E-state index in [1.807, 2.05) is 0 Å². The van der Waals surface area contributed by atoms with Crippen molar-refractivity contribution in [3.05, 3.63) is 72.9 Å². The van der Waals surface area contributed by atoms with Gasteiger partial charge in [0, 0.05) is 12.8 Å². The molecule has 1 N–H and O–H groups in total. The summed E-state index contributed by atoms with van der Waals surface area (Å²) in [7, 11) is 0. The highest BCUT2D eigenvalue weighted by Crippen LogP contribution is 2.17. The summed E-state index contributed by atoms with van der Waals surface area (Å²) < 4.78 is 10.7. The zero-order valence-corrected chi connectivity index (χ0v) is 43.7. The lowest BCUT2D eigenvalue weighted by molar-refractivity contribution is -0.161. The molecular formula is C61H108O5. The van der Waals surface area contributed by atoms with E-state index in [1.54, 1.807) is 0 Å². The predicted molar refractivity (Wildman–Crippen MR) is 288 cm³/mol. The Morgan fingerprint density at radius 2 is 0.652 bits per heavy atom. The minimum atomic E-state index is -0.769. The molecule has 0 aromatic rings. The molecule has 0 fully saturated rings. The Balaban J connectivity index is 3.42. The third-order valence-corrected chi connectivity index (χ3v) is 12.5. The summed E-state index contributed by atoms with van der Waals surface area (Å²) in [6, 6.07) is 0. The van der Waals surface area contributed by atoms with Crippen LogP contribution in [0.4, 0.5) is 0 Å². The van der Waals surface area contributed by atoms with Gasteiger partial charge in [0.15, 0.2) is 6.10 Å². The Bertz CT molecular complexity index is 1180. The van der Waals surface area contributed by atoms with Gasteiger partial charge >= 0.3 is 11.9 Å². The van der Waals surface area contributed by atoms with Crippen molar-refractivity contribution < 1.29 is 24.2 Å². The third kappa shape index (κ3) is 54.0. The molecule has 0 rings (SSSR count). The monoisotopic (exact) mass is 921 g/mol. The number of ether oxygens (including phenoxy) is 2. The molecule has 0 bridgehead atoms. The second kappa shape index (κ2) is 56.7. The van der Waals surface area contributed by atoms with Crippen LogP contribution >= 0.6 is 0 Å². The number of carbonyl (C=O) groups is 2. The van der Waals surface area contributed by atoms with Crippen molar-refractivity contribution in [1.82, 2.24) is 0 Å². The smallest absolute Gasteiger partial charge is 0.306 e. The van der Waals surface area contributed by atoms with Gasteiger partial charge in [0.05, 0.1) is 6.61 Å². The number of unbranched alkanes of at least 4 members (excludes halogenated alkanes) is 32. The summed E-state index contributed by atoms with van der Waals surface area (Å²) >= 11 is 0. The van der Waals surface area contributed by atoms with Crippen LogP contribution in [0.3, 0.4) is 0 Å². The molecule has 66 heavy (non-hydrogen) atoms. The molecule has 5 nitrogen and oxygen atoms in total. The SMILES string of the molecule is CC/C=C\C/C=C\C/C=C\C/C=C\C/C=C\C/C=C\CCCCCCCCCCCCCCCCCCCCCCC(=O)OC(CO)COC(=O)CCCCCCCCCCCCCCC. The first-order chi connectivity index (χ1) is 32.6. The van der Waals surface area contributed by atoms with Gasteiger partial charge in [-0.25, -0.2) is 0 Å². The van der Waals surface area contributed by atoms with Crippen molar-refractivity contribution in [1.29, 1.82) is 0 Å². The summed E-state index contributed by atoms with van der Waals surface area (Å²) in [4.78, 5) is 24.4. The molecule has 5 heteroatoms. The molecule has 0 aromatic heterocycles. The summed E-state index contributed by atoms with van der Waals surface area (Å²) in [5.74, 6) is -0.578. The molecule has 1 atom stereocenters. The van der Waals surface area contributed by atoms with Crippen LogP contribution in [0.15, 0.2) is 72.9 Å². The first-order valence-corrected chi connectivity index (χ1v) is 28.5. The van der Waals surface area contributed by atoms with Crippen LogP contribution in [0.5, 0.6) is 0 Å². The van der Waals surface area contributed by atoms with E-state index in [-0.39, 0.29) is 25.2 Å². The second-order valence-electron chi connectivity index (χ2n) is 19.0. The maximum absolute atomic E-state index is 12.3. The highest BCUT2D eigenvalue weighted by molar-refractivity contribution is 5.70. The van der Waals surface area contributed by atoms with Crippen LogP contribution in [-0.4, -0.2) is 36.4 Å². The number of hydrogen-bond acceptors (Lipinski definition) is 5. The standard InChI is InChI=1S/C61H108O5/c1-3-5-7-9-11-13-15-17-18-19-20-21-22-23-24-25-26-27-28-29-30-31-32-33-34-35-36-37-38-39-40-41-42-44-46-48-50-52-54-56-61(64)66-59(57-62)58-65-60(63)55-53-51-49-47-45-43-16-14-12-10-8-6-4-2/h5,7,11,13,17-18,20-21,23-24,26-27,59,62H,3-4,6,8-10,12,14-16,19,22,25,28-58H2,1-2H3/b7-5-,13-11-,18-17-,21-20-,24-23-,27-26-. The molecule has 0 aliphatic heterocycles. The summed E-state index contributed by atoms with van der Waals surface area (Å²) in [6.07, 6.45) is 77.5. The lowest BCUT2D eigenvalue weighted by Crippen LogP contribution is -2.28. The van der Waals surface area contributed by atoms with Crippen molar-refractivity contribution in [2.24, 2.45) is 0 Å². The van der Waals surface area contributed by atoms with Gasteiger partial charge in [0.25, 0.3) is 0 Å². The Morgan fingerprint density at radius 3 is 0.985 bits per heavy atom. The Hall–Kier alpha value is -2.66. The van der Waals surface area contributed by atoms with Gasteiger partial charge in [-0.1, -0.05) is 279 Å². The molecule has 1 unspecified atom stereocenters. The Kier molecular flexibility index (Phi) is 54.4. The van der Waals surface area contributed by atoms with Gasteiger partial charge in [-0.05, 0) is 64.2 Å². The molecule has 0 spiro atoms. The topological polar surface area (TPSA) is 72.8 Å². The second-order valence-corrected chi connectivity index (χ2v) is 19.0. The molecule has 0 aromatic carbocycles. The number of aliphatic hydroxyl groups excluding tert-OH is 1. The van der Waals surface area contributed by atoms with Crippen LogP contribution in [0.25, 0.3) is 0 Å². The van der Waals surface area contributed by atoms with Gasteiger partial charge in [-0.15, -0.1) is 0 Å². The van der Waals surface area contributed by atoms with E-state index in [2.05, 4.69) is 86.8 Å². The fourth-order valence-electron chi connectivity index (χ4n) is 8.27. The highest BCUT2D eigenvalue weighted by atomic mass is 16.6. The first kappa shape index (κ1) is 63.3. The van der Waals surface area contributed by atoms with Crippen LogP contribution in [-0.2, 0) is 19.1 Å². The van der Waals surface area contributed by atoms with Gasteiger partial charge < -0.3 is 14.6 Å². The molecule has 0 aliphatic rings. The van der Waals surface area contributed by atoms with Crippen LogP contribution < -0.4 is 0 Å². The van der Waals surface area contributed by atoms with Gasteiger partial charge in [-0.2, -0.15) is 0 Å². The fraction of sp³-hybridized carbons (Fsp3) is 0.770.